The van der Waals surface area contributed by atoms with Crippen LogP contribution in [0.1, 0.15) is 11.1 Å². The zero-order chi connectivity index (χ0) is 17.1. The Morgan fingerprint density at radius 1 is 1.00 bits per heavy atom. The van der Waals surface area contributed by atoms with Crippen molar-refractivity contribution in [3.05, 3.63) is 64.4 Å². The van der Waals surface area contributed by atoms with Crippen LogP contribution in [0, 0.1) is 13.8 Å². The first kappa shape index (κ1) is 16.3. The van der Waals surface area contributed by atoms with Crippen LogP contribution in [0.2, 0.25) is 0 Å². The quantitative estimate of drug-likeness (QED) is 0.663. The third kappa shape index (κ3) is 3.65. The molecule has 24 heavy (non-hydrogen) atoms. The predicted octanol–water partition coefficient (Wildman–Crippen LogP) is 4.97. The lowest BCUT2D eigenvalue weighted by atomic mass is 10.1. The molecule has 3 rings (SSSR count). The summed E-state index contributed by atoms with van der Waals surface area (Å²) in [6.45, 7) is 4.13. The first-order valence-corrected chi connectivity index (χ1v) is 8.20. The smallest absolute Gasteiger partial charge is 0.248 e. The molecule has 0 aliphatic heterocycles. The Morgan fingerprint density at radius 2 is 1.75 bits per heavy atom. The summed E-state index contributed by atoms with van der Waals surface area (Å²) in [5.41, 5.74) is 9.86. The maximum Gasteiger partial charge on any atom is 0.248 e. The van der Waals surface area contributed by atoms with E-state index < -0.39 is 0 Å². The minimum atomic E-state index is 0.318. The number of aryl methyl sites for hydroxylation is 2. The summed E-state index contributed by atoms with van der Waals surface area (Å²) in [5, 5.41) is 3.21. The molecular weight excluding hydrogens is 368 g/mol. The average molecular weight is 385 g/mol. The van der Waals surface area contributed by atoms with Crippen molar-refractivity contribution in [3.63, 3.8) is 0 Å². The molecule has 0 aliphatic rings. The number of halogens is 1. The number of hydrogen-bond acceptors (Lipinski definition) is 5. The highest BCUT2D eigenvalue weighted by atomic mass is 79.9. The van der Waals surface area contributed by atoms with Crippen LogP contribution in [0.5, 0.6) is 11.6 Å². The van der Waals surface area contributed by atoms with Gasteiger partial charge in [-0.05, 0) is 61.4 Å². The highest BCUT2D eigenvalue weighted by Gasteiger charge is 2.11. The lowest BCUT2D eigenvalue weighted by Gasteiger charge is -2.12. The summed E-state index contributed by atoms with van der Waals surface area (Å²) in [5.74, 6) is 1.49. The fourth-order valence-corrected chi connectivity index (χ4v) is 2.39. The molecular formula is C18H17BrN4O. The number of aromatic nitrogens is 2. The van der Waals surface area contributed by atoms with Crippen molar-refractivity contribution in [2.24, 2.45) is 0 Å². The zero-order valence-electron chi connectivity index (χ0n) is 13.4. The first-order valence-electron chi connectivity index (χ1n) is 7.41. The van der Waals surface area contributed by atoms with E-state index in [-0.39, 0.29) is 0 Å². The standard InChI is InChI=1S/C18H17BrN4O/c1-11-3-6-14(9-12(11)2)23-17-16(20)18(22-10-21-17)24-15-7-4-13(19)5-8-15/h3-10H,20H2,1-2H3,(H,21,22,23). The second-order valence-corrected chi connectivity index (χ2v) is 6.34. The van der Waals surface area contributed by atoms with E-state index >= 15 is 0 Å². The van der Waals surface area contributed by atoms with Gasteiger partial charge in [-0.3, -0.25) is 0 Å². The van der Waals surface area contributed by atoms with Gasteiger partial charge in [-0.1, -0.05) is 22.0 Å². The molecule has 3 aromatic rings. The molecule has 122 valence electrons. The Hall–Kier alpha value is -2.60. The van der Waals surface area contributed by atoms with Crippen LogP contribution in [0.4, 0.5) is 17.2 Å². The van der Waals surface area contributed by atoms with Crippen molar-refractivity contribution >= 4 is 33.1 Å². The van der Waals surface area contributed by atoms with Gasteiger partial charge in [0.2, 0.25) is 5.88 Å². The predicted molar refractivity (Wildman–Crippen MR) is 99.9 cm³/mol. The SMILES string of the molecule is Cc1ccc(Nc2ncnc(Oc3ccc(Br)cc3)c2N)cc1C. The van der Waals surface area contributed by atoms with Crippen molar-refractivity contribution in [3.8, 4) is 11.6 Å². The largest absolute Gasteiger partial charge is 0.437 e. The second kappa shape index (κ2) is 6.88. The molecule has 3 N–H and O–H groups in total. The van der Waals surface area contributed by atoms with Crippen LogP contribution in [0.3, 0.4) is 0 Å². The summed E-state index contributed by atoms with van der Waals surface area (Å²) in [6.07, 6.45) is 1.42. The molecule has 5 nitrogen and oxygen atoms in total. The molecule has 6 heteroatoms. The summed E-state index contributed by atoms with van der Waals surface area (Å²) in [4.78, 5) is 8.33. The van der Waals surface area contributed by atoms with Gasteiger partial charge in [0.05, 0.1) is 0 Å². The molecule has 0 atom stereocenters. The number of nitrogen functional groups attached to an aromatic ring is 1. The van der Waals surface area contributed by atoms with Crippen LogP contribution >= 0.6 is 15.9 Å². The van der Waals surface area contributed by atoms with Gasteiger partial charge in [-0.2, -0.15) is 4.98 Å². The average Bonchev–Trinajstić information content (AvgIpc) is 2.57. The number of anilines is 3. The molecule has 0 radical (unpaired) electrons. The number of ether oxygens (including phenoxy) is 1. The Labute approximate surface area is 149 Å². The van der Waals surface area contributed by atoms with Crippen LogP contribution < -0.4 is 15.8 Å². The molecule has 1 heterocycles. The molecule has 0 bridgehead atoms. The van der Waals surface area contributed by atoms with Gasteiger partial charge in [0, 0.05) is 10.2 Å². The molecule has 0 saturated carbocycles. The van der Waals surface area contributed by atoms with Crippen molar-refractivity contribution in [2.45, 2.75) is 13.8 Å². The first-order chi connectivity index (χ1) is 11.5. The van der Waals surface area contributed by atoms with Gasteiger partial charge in [-0.15, -0.1) is 0 Å². The molecule has 0 amide bonds. The Balaban J connectivity index is 1.84. The highest BCUT2D eigenvalue weighted by molar-refractivity contribution is 9.10. The van der Waals surface area contributed by atoms with Gasteiger partial charge >= 0.3 is 0 Å². The van der Waals surface area contributed by atoms with Gasteiger partial charge < -0.3 is 15.8 Å². The van der Waals surface area contributed by atoms with E-state index in [9.17, 15) is 0 Å². The second-order valence-electron chi connectivity index (χ2n) is 5.42. The minimum absolute atomic E-state index is 0.318. The molecule has 0 fully saturated rings. The van der Waals surface area contributed by atoms with E-state index in [1.54, 1.807) is 0 Å². The third-order valence-electron chi connectivity index (χ3n) is 3.65. The number of nitrogens with zero attached hydrogens (tertiary/aromatic N) is 2. The maximum absolute atomic E-state index is 6.16. The summed E-state index contributed by atoms with van der Waals surface area (Å²) in [6, 6.07) is 13.5. The highest BCUT2D eigenvalue weighted by Crippen LogP contribution is 2.31. The van der Waals surface area contributed by atoms with Crippen molar-refractivity contribution in [1.82, 2.24) is 9.97 Å². The van der Waals surface area contributed by atoms with Gasteiger partial charge in [0.1, 0.15) is 17.8 Å². The number of hydrogen-bond donors (Lipinski definition) is 2. The van der Waals surface area contributed by atoms with Gasteiger partial charge in [-0.25, -0.2) is 4.98 Å². The molecule has 0 unspecified atom stereocenters. The normalized spacial score (nSPS) is 10.5. The van der Waals surface area contributed by atoms with Crippen molar-refractivity contribution in [1.29, 1.82) is 0 Å². The summed E-state index contributed by atoms with van der Waals surface area (Å²) >= 11 is 3.39. The number of benzene rings is 2. The monoisotopic (exact) mass is 384 g/mol. The number of rotatable bonds is 4. The summed E-state index contributed by atoms with van der Waals surface area (Å²) < 4.78 is 6.72. The lowest BCUT2D eigenvalue weighted by molar-refractivity contribution is 0.464. The van der Waals surface area contributed by atoms with Gasteiger partial charge in [0.25, 0.3) is 0 Å². The maximum atomic E-state index is 6.16. The Bertz CT molecular complexity index is 865. The van der Waals surface area contributed by atoms with Crippen LogP contribution in [0.25, 0.3) is 0 Å². The molecule has 1 aromatic heterocycles. The molecule has 2 aromatic carbocycles. The molecule has 0 aliphatic carbocycles. The van der Waals surface area contributed by atoms with E-state index in [4.69, 9.17) is 10.5 Å². The Morgan fingerprint density at radius 3 is 2.46 bits per heavy atom. The van der Waals surface area contributed by atoms with Crippen LogP contribution in [-0.4, -0.2) is 9.97 Å². The van der Waals surface area contributed by atoms with Crippen molar-refractivity contribution in [2.75, 3.05) is 11.1 Å². The van der Waals surface area contributed by atoms with E-state index in [0.29, 0.717) is 23.1 Å². The van der Waals surface area contributed by atoms with E-state index in [2.05, 4.69) is 45.1 Å². The molecule has 0 saturated heterocycles. The van der Waals surface area contributed by atoms with Crippen LogP contribution in [0.15, 0.2) is 53.3 Å². The van der Waals surface area contributed by atoms with E-state index in [0.717, 1.165) is 10.2 Å². The lowest BCUT2D eigenvalue weighted by Crippen LogP contribution is -2.03. The third-order valence-corrected chi connectivity index (χ3v) is 4.17. The van der Waals surface area contributed by atoms with E-state index in [1.807, 2.05) is 42.5 Å². The molecule has 0 spiro atoms. The van der Waals surface area contributed by atoms with Crippen LogP contribution in [-0.2, 0) is 0 Å². The zero-order valence-corrected chi connectivity index (χ0v) is 15.0. The Kier molecular flexibility index (Phi) is 4.66. The number of nitrogens with two attached hydrogens (primary N) is 1. The fraction of sp³-hybridized carbons (Fsp3) is 0.111. The number of nitrogens with one attached hydrogen (secondary N) is 1. The minimum Gasteiger partial charge on any atom is -0.437 e. The summed E-state index contributed by atoms with van der Waals surface area (Å²) in [7, 11) is 0. The topological polar surface area (TPSA) is 73.1 Å². The van der Waals surface area contributed by atoms with Crippen molar-refractivity contribution < 1.29 is 4.74 Å². The fourth-order valence-electron chi connectivity index (χ4n) is 2.13. The van der Waals surface area contributed by atoms with Gasteiger partial charge in [0.15, 0.2) is 5.82 Å². The van der Waals surface area contributed by atoms with E-state index in [1.165, 1.54) is 17.5 Å².